The summed E-state index contributed by atoms with van der Waals surface area (Å²) in [6.45, 7) is 11.5. The topological polar surface area (TPSA) is 181 Å². The smallest absolute Gasteiger partial charge is 0.455 e. The summed E-state index contributed by atoms with van der Waals surface area (Å²) in [7, 11) is 0. The molecule has 1 aliphatic heterocycles. The highest BCUT2D eigenvalue weighted by atomic mass is 16.7. The third-order valence-corrected chi connectivity index (χ3v) is 10.7. The maximum Gasteiger partial charge on any atom is 0.508 e. The number of aliphatic hydroxyl groups excluding tert-OH is 1. The summed E-state index contributed by atoms with van der Waals surface area (Å²) in [5, 5.41) is 24.5. The van der Waals surface area contributed by atoms with Crippen LogP contribution in [-0.2, 0) is 42.8 Å². The Hall–Kier alpha value is -4.07. The highest BCUT2D eigenvalue weighted by Crippen LogP contribution is 2.64. The number of esters is 3. The van der Waals surface area contributed by atoms with E-state index in [1.165, 1.54) is 32.1 Å². The first-order valence-electron chi connectivity index (χ1n) is 15.8. The minimum atomic E-state index is -2.20. The van der Waals surface area contributed by atoms with Gasteiger partial charge in [-0.15, -0.1) is 0 Å². The molecule has 2 saturated carbocycles. The van der Waals surface area contributed by atoms with Crippen LogP contribution in [0.25, 0.3) is 0 Å². The molecule has 9 atom stereocenters. The summed E-state index contributed by atoms with van der Waals surface area (Å²) < 4.78 is 34.8. The fourth-order valence-electron chi connectivity index (χ4n) is 8.33. The Morgan fingerprint density at radius 3 is 2.27 bits per heavy atom. The second-order valence-corrected chi connectivity index (χ2v) is 13.7. The van der Waals surface area contributed by atoms with E-state index in [9.17, 15) is 29.4 Å². The first-order chi connectivity index (χ1) is 22.5. The predicted octanol–water partition coefficient (Wildman–Crippen LogP) is 3.00. The van der Waals surface area contributed by atoms with Gasteiger partial charge in [0.15, 0.2) is 17.5 Å². The molecule has 13 heteroatoms. The minimum absolute atomic E-state index is 0.103. The second-order valence-electron chi connectivity index (χ2n) is 13.7. The number of ketones is 1. The fourth-order valence-corrected chi connectivity index (χ4v) is 8.33. The molecule has 1 aromatic rings. The molecule has 13 nitrogen and oxygen atoms in total. The average Bonchev–Trinajstić information content (AvgIpc) is 3.01. The van der Waals surface area contributed by atoms with Crippen LogP contribution in [0.1, 0.15) is 64.7 Å². The number of fused-ring (bicyclic) bond motifs is 5. The van der Waals surface area contributed by atoms with Crippen molar-refractivity contribution in [2.75, 3.05) is 13.2 Å². The van der Waals surface area contributed by atoms with Crippen LogP contribution in [0.3, 0.4) is 0 Å². The van der Waals surface area contributed by atoms with Crippen LogP contribution in [0.15, 0.2) is 54.1 Å². The van der Waals surface area contributed by atoms with E-state index >= 15 is 4.79 Å². The third-order valence-electron chi connectivity index (χ3n) is 10.7. The highest BCUT2D eigenvalue weighted by molar-refractivity contribution is 5.95. The number of Topliss-reactive ketones (excluding diaryl/α,β-unsaturated/α-hetero) is 1. The summed E-state index contributed by atoms with van der Waals surface area (Å²) in [5.41, 5.74) is -6.91. The molecule has 0 amide bonds. The Labute approximate surface area is 278 Å². The molecular weight excluding hydrogens is 628 g/mol. The molecule has 3 fully saturated rings. The van der Waals surface area contributed by atoms with Gasteiger partial charge in [0.2, 0.25) is 0 Å². The van der Waals surface area contributed by atoms with Gasteiger partial charge in [-0.2, -0.15) is 0 Å². The van der Waals surface area contributed by atoms with Crippen molar-refractivity contribution >= 4 is 29.8 Å². The maximum absolute atomic E-state index is 15.3. The molecule has 2 N–H and O–H groups in total. The largest absolute Gasteiger partial charge is 0.508 e. The number of benzene rings is 1. The van der Waals surface area contributed by atoms with Crippen molar-refractivity contribution in [2.45, 2.75) is 96.1 Å². The summed E-state index contributed by atoms with van der Waals surface area (Å²) in [6, 6.07) is 7.95. The lowest BCUT2D eigenvalue weighted by molar-refractivity contribution is -0.346. The minimum Gasteiger partial charge on any atom is -0.455 e. The molecule has 2 bridgehead atoms. The average molecular weight is 671 g/mol. The molecule has 3 aliphatic carbocycles. The lowest BCUT2D eigenvalue weighted by atomic mass is 9.44. The number of aliphatic hydroxyl groups is 2. The van der Waals surface area contributed by atoms with Gasteiger partial charge in [0, 0.05) is 32.1 Å². The third kappa shape index (κ3) is 5.32. The number of hydrogen-bond acceptors (Lipinski definition) is 13. The molecule has 1 heterocycles. The lowest BCUT2D eigenvalue weighted by Gasteiger charge is -2.67. The van der Waals surface area contributed by atoms with Gasteiger partial charge in [-0.3, -0.25) is 14.4 Å². The Morgan fingerprint density at radius 1 is 1.04 bits per heavy atom. The van der Waals surface area contributed by atoms with E-state index in [2.05, 4.69) is 6.58 Å². The van der Waals surface area contributed by atoms with Gasteiger partial charge < -0.3 is 38.6 Å². The van der Waals surface area contributed by atoms with Crippen molar-refractivity contribution in [1.82, 2.24) is 0 Å². The van der Waals surface area contributed by atoms with Crippen LogP contribution in [-0.4, -0.2) is 95.0 Å². The van der Waals surface area contributed by atoms with Gasteiger partial charge in [0.1, 0.15) is 30.5 Å². The number of carbonyl (C=O) groups excluding carboxylic acids is 5. The molecular formula is C35H42O13. The van der Waals surface area contributed by atoms with Gasteiger partial charge >= 0.3 is 24.1 Å². The van der Waals surface area contributed by atoms with Gasteiger partial charge in [-0.25, -0.2) is 9.59 Å². The highest BCUT2D eigenvalue weighted by Gasteiger charge is 2.79. The first-order valence-corrected chi connectivity index (χ1v) is 15.8. The molecule has 48 heavy (non-hydrogen) atoms. The SMILES string of the molecule is C=CCOC(=O)O[C@H]1C[C@H]2OC[C@@]2(OC(C)=O)[C@H]2[C@H](OC(=O)c3ccccc3)[C@]3(O)C[C@H](O)C(C)=C([C@@H](OC(C)=O)C(=O)[C@]12C)C3(C)C. The zero-order chi connectivity index (χ0) is 35.4. The van der Waals surface area contributed by atoms with Crippen LogP contribution >= 0.6 is 0 Å². The number of hydrogen-bond donors (Lipinski definition) is 2. The Kier molecular flexibility index (Phi) is 9.12. The van der Waals surface area contributed by atoms with Crippen LogP contribution in [0.5, 0.6) is 0 Å². The molecule has 1 saturated heterocycles. The molecule has 5 rings (SSSR count). The van der Waals surface area contributed by atoms with Crippen LogP contribution in [0, 0.1) is 16.7 Å². The molecule has 0 aromatic heterocycles. The Bertz CT molecular complexity index is 1550. The number of rotatable bonds is 7. The van der Waals surface area contributed by atoms with E-state index in [-0.39, 0.29) is 42.8 Å². The Balaban J connectivity index is 1.85. The van der Waals surface area contributed by atoms with E-state index in [1.807, 2.05) is 0 Å². The van der Waals surface area contributed by atoms with Crippen molar-refractivity contribution in [1.29, 1.82) is 0 Å². The van der Waals surface area contributed by atoms with Gasteiger partial charge in [-0.1, -0.05) is 44.7 Å². The van der Waals surface area contributed by atoms with Crippen molar-refractivity contribution < 1.29 is 62.6 Å². The zero-order valence-electron chi connectivity index (χ0n) is 27.8. The summed E-state index contributed by atoms with van der Waals surface area (Å²) in [5.74, 6) is -4.73. The number of ether oxygens (including phenoxy) is 6. The van der Waals surface area contributed by atoms with Crippen molar-refractivity contribution in [3.05, 3.63) is 59.7 Å². The normalized spacial score (nSPS) is 36.5. The van der Waals surface area contributed by atoms with E-state index in [0.717, 1.165) is 6.92 Å². The van der Waals surface area contributed by atoms with E-state index in [0.29, 0.717) is 0 Å². The summed E-state index contributed by atoms with van der Waals surface area (Å²) >= 11 is 0. The van der Waals surface area contributed by atoms with Gasteiger partial charge in [-0.05, 0) is 37.1 Å². The van der Waals surface area contributed by atoms with E-state index < -0.39 is 88.3 Å². The monoisotopic (exact) mass is 670 g/mol. The molecule has 0 spiro atoms. The van der Waals surface area contributed by atoms with Crippen molar-refractivity contribution in [2.24, 2.45) is 16.7 Å². The second kappa shape index (κ2) is 12.4. The molecule has 1 aromatic carbocycles. The predicted molar refractivity (Wildman–Crippen MR) is 165 cm³/mol. The van der Waals surface area contributed by atoms with Crippen molar-refractivity contribution in [3.63, 3.8) is 0 Å². The number of carbonyl (C=O) groups is 5. The van der Waals surface area contributed by atoms with E-state index in [1.54, 1.807) is 39.0 Å². The fraction of sp³-hybridized carbons (Fsp3) is 0.571. The van der Waals surface area contributed by atoms with Crippen LogP contribution in [0.4, 0.5) is 4.79 Å². The summed E-state index contributed by atoms with van der Waals surface area (Å²) in [4.78, 5) is 67.7. The first kappa shape index (κ1) is 35.2. The standard InChI is InChI=1S/C35H42O13/c1-8-14-43-31(41)46-23-15-24-34(17-44-24,48-20(4)37)27-29(47-30(40)21-12-10-9-11-13-21)35(42)16-22(38)18(2)25(32(35,5)6)26(45-19(3)36)28(39)33(23,27)7/h8-13,22-24,26-27,29,38,42H,1,14-17H2,2-7H3/t22-,23-,24+,26+,27-,29-,33+,34-,35+/m0/s1. The van der Waals surface area contributed by atoms with Crippen molar-refractivity contribution in [3.8, 4) is 0 Å². The Morgan fingerprint density at radius 2 is 1.71 bits per heavy atom. The van der Waals surface area contributed by atoms with E-state index in [4.69, 9.17) is 28.4 Å². The lowest BCUT2D eigenvalue weighted by Crippen LogP contribution is -2.82. The zero-order valence-corrected chi connectivity index (χ0v) is 27.8. The van der Waals surface area contributed by atoms with Crippen LogP contribution < -0.4 is 0 Å². The molecule has 0 radical (unpaired) electrons. The summed E-state index contributed by atoms with van der Waals surface area (Å²) in [6.07, 6.45) is -7.54. The molecule has 260 valence electrons. The van der Waals surface area contributed by atoms with Crippen LogP contribution in [0.2, 0.25) is 0 Å². The molecule has 4 aliphatic rings. The van der Waals surface area contributed by atoms with Gasteiger partial charge in [0.25, 0.3) is 0 Å². The maximum atomic E-state index is 15.3. The quantitative estimate of drug-likeness (QED) is 0.246. The van der Waals surface area contributed by atoms with Gasteiger partial charge in [0.05, 0.1) is 29.6 Å². The molecule has 0 unspecified atom stereocenters.